The third-order valence-electron chi connectivity index (χ3n) is 3.07. The van der Waals surface area contributed by atoms with Crippen LogP contribution in [0.4, 0.5) is 0 Å². The predicted molar refractivity (Wildman–Crippen MR) is 68.6 cm³/mol. The summed E-state index contributed by atoms with van der Waals surface area (Å²) in [4.78, 5) is 0. The highest BCUT2D eigenvalue weighted by Crippen LogP contribution is 2.19. The van der Waals surface area contributed by atoms with Crippen LogP contribution >= 0.6 is 0 Å². The topological polar surface area (TPSA) is 30.5 Å². The Kier molecular flexibility index (Phi) is 4.40. The van der Waals surface area contributed by atoms with Gasteiger partial charge >= 0.3 is 0 Å². The number of benzene rings is 1. The second kappa shape index (κ2) is 6.03. The molecule has 1 heterocycles. The number of nitrogens with one attached hydrogen (secondary N) is 1. The minimum Gasteiger partial charge on any atom is -0.493 e. The van der Waals surface area contributed by atoms with E-state index in [9.17, 15) is 0 Å². The Hall–Kier alpha value is -1.06. The highest BCUT2D eigenvalue weighted by Gasteiger charge is 2.12. The van der Waals surface area contributed by atoms with E-state index in [2.05, 4.69) is 37.4 Å². The molecule has 0 saturated carbocycles. The van der Waals surface area contributed by atoms with Crippen LogP contribution in [-0.2, 0) is 4.74 Å². The largest absolute Gasteiger partial charge is 0.493 e. The van der Waals surface area contributed by atoms with Crippen LogP contribution in [0.1, 0.15) is 17.5 Å². The van der Waals surface area contributed by atoms with Crippen LogP contribution in [0.5, 0.6) is 5.75 Å². The summed E-state index contributed by atoms with van der Waals surface area (Å²) in [6.45, 7) is 7.49. The van der Waals surface area contributed by atoms with Gasteiger partial charge in [-0.1, -0.05) is 12.1 Å². The molecule has 1 fully saturated rings. The van der Waals surface area contributed by atoms with Crippen molar-refractivity contribution >= 4 is 0 Å². The van der Waals surface area contributed by atoms with Crippen LogP contribution in [0, 0.1) is 13.8 Å². The minimum atomic E-state index is 0.439. The number of rotatable bonds is 4. The molecule has 1 N–H and O–H groups in total. The zero-order valence-electron chi connectivity index (χ0n) is 10.7. The van der Waals surface area contributed by atoms with Crippen LogP contribution in [0.15, 0.2) is 18.2 Å². The second-order valence-electron chi connectivity index (χ2n) is 4.63. The summed E-state index contributed by atoms with van der Waals surface area (Å²) in [7, 11) is 0. The molecule has 3 nitrogen and oxygen atoms in total. The third-order valence-corrected chi connectivity index (χ3v) is 3.07. The third kappa shape index (κ3) is 3.72. The van der Waals surface area contributed by atoms with Gasteiger partial charge in [-0.25, -0.2) is 0 Å². The maximum absolute atomic E-state index is 5.82. The molecule has 3 heteroatoms. The first kappa shape index (κ1) is 12.4. The van der Waals surface area contributed by atoms with Crippen molar-refractivity contribution in [1.82, 2.24) is 5.32 Å². The van der Waals surface area contributed by atoms with Crippen molar-refractivity contribution in [2.75, 3.05) is 26.4 Å². The molecule has 0 bridgehead atoms. The van der Waals surface area contributed by atoms with Gasteiger partial charge in [0, 0.05) is 12.6 Å². The lowest BCUT2D eigenvalue weighted by atomic mass is 10.1. The molecular weight excluding hydrogens is 214 g/mol. The molecule has 1 aromatic carbocycles. The highest BCUT2D eigenvalue weighted by atomic mass is 16.5. The first-order chi connectivity index (χ1) is 8.25. The molecule has 0 aliphatic carbocycles. The number of hydrogen-bond acceptors (Lipinski definition) is 3. The molecule has 1 unspecified atom stereocenters. The van der Waals surface area contributed by atoms with Crippen molar-refractivity contribution in [3.05, 3.63) is 29.3 Å². The summed E-state index contributed by atoms with van der Waals surface area (Å²) in [5.41, 5.74) is 2.44. The van der Waals surface area contributed by atoms with E-state index in [0.717, 1.165) is 38.5 Å². The Balaban J connectivity index is 1.79. The smallest absolute Gasteiger partial charge is 0.122 e. The SMILES string of the molecule is Cc1ccc(C)c(OCCC2COCCN2)c1. The number of morpholine rings is 1. The fourth-order valence-corrected chi connectivity index (χ4v) is 1.98. The van der Waals surface area contributed by atoms with Crippen molar-refractivity contribution in [3.63, 3.8) is 0 Å². The molecule has 1 aromatic rings. The standard InChI is InChI=1S/C14H21NO2/c1-11-3-4-12(2)14(9-11)17-7-5-13-10-16-8-6-15-13/h3-4,9,13,15H,5-8,10H2,1-2H3. The van der Waals surface area contributed by atoms with Crippen LogP contribution in [0.3, 0.4) is 0 Å². The van der Waals surface area contributed by atoms with Gasteiger partial charge in [0.15, 0.2) is 0 Å². The van der Waals surface area contributed by atoms with E-state index in [0.29, 0.717) is 6.04 Å². The molecule has 0 amide bonds. The predicted octanol–water partition coefficient (Wildman–Crippen LogP) is 2.06. The van der Waals surface area contributed by atoms with Gasteiger partial charge in [0.2, 0.25) is 0 Å². The average molecular weight is 235 g/mol. The van der Waals surface area contributed by atoms with Crippen LogP contribution in [0.2, 0.25) is 0 Å². The molecule has 17 heavy (non-hydrogen) atoms. The van der Waals surface area contributed by atoms with Gasteiger partial charge in [-0.3, -0.25) is 0 Å². The molecule has 0 radical (unpaired) electrons. The quantitative estimate of drug-likeness (QED) is 0.866. The van der Waals surface area contributed by atoms with Gasteiger partial charge in [0.05, 0.1) is 19.8 Å². The normalized spacial score (nSPS) is 20.2. The summed E-state index contributed by atoms with van der Waals surface area (Å²) in [5, 5.41) is 3.43. The fourth-order valence-electron chi connectivity index (χ4n) is 1.98. The Morgan fingerprint density at radius 1 is 1.41 bits per heavy atom. The number of hydrogen-bond donors (Lipinski definition) is 1. The van der Waals surface area contributed by atoms with E-state index >= 15 is 0 Å². The van der Waals surface area contributed by atoms with E-state index in [4.69, 9.17) is 9.47 Å². The van der Waals surface area contributed by atoms with E-state index in [1.165, 1.54) is 11.1 Å². The average Bonchev–Trinajstić information content (AvgIpc) is 2.35. The molecule has 1 atom stereocenters. The van der Waals surface area contributed by atoms with E-state index in [1.54, 1.807) is 0 Å². The lowest BCUT2D eigenvalue weighted by Crippen LogP contribution is -2.42. The van der Waals surface area contributed by atoms with Gasteiger partial charge in [-0.2, -0.15) is 0 Å². The van der Waals surface area contributed by atoms with E-state index in [-0.39, 0.29) is 0 Å². The minimum absolute atomic E-state index is 0.439. The molecule has 94 valence electrons. The molecule has 0 aromatic heterocycles. The van der Waals surface area contributed by atoms with Gasteiger partial charge < -0.3 is 14.8 Å². The molecule has 1 saturated heterocycles. The highest BCUT2D eigenvalue weighted by molar-refractivity contribution is 5.35. The molecule has 0 spiro atoms. The van der Waals surface area contributed by atoms with Gasteiger partial charge in [0.1, 0.15) is 5.75 Å². The maximum atomic E-state index is 5.82. The Labute approximate surface area is 103 Å². The summed E-state index contributed by atoms with van der Waals surface area (Å²) < 4.78 is 11.2. The van der Waals surface area contributed by atoms with E-state index in [1.807, 2.05) is 0 Å². The van der Waals surface area contributed by atoms with Crippen molar-refractivity contribution in [1.29, 1.82) is 0 Å². The van der Waals surface area contributed by atoms with Crippen molar-refractivity contribution in [2.45, 2.75) is 26.3 Å². The summed E-state index contributed by atoms with van der Waals surface area (Å²) in [5.74, 6) is 1.00. The lowest BCUT2D eigenvalue weighted by Gasteiger charge is -2.23. The van der Waals surface area contributed by atoms with E-state index < -0.39 is 0 Å². The number of ether oxygens (including phenoxy) is 2. The number of aryl methyl sites for hydroxylation is 2. The van der Waals surface area contributed by atoms with Crippen molar-refractivity contribution in [3.8, 4) is 5.75 Å². The molecular formula is C14H21NO2. The van der Waals surface area contributed by atoms with Crippen LogP contribution in [0.25, 0.3) is 0 Å². The maximum Gasteiger partial charge on any atom is 0.122 e. The Morgan fingerprint density at radius 2 is 2.29 bits per heavy atom. The molecule has 2 rings (SSSR count). The van der Waals surface area contributed by atoms with Crippen molar-refractivity contribution < 1.29 is 9.47 Å². The fraction of sp³-hybridized carbons (Fsp3) is 0.571. The first-order valence-corrected chi connectivity index (χ1v) is 6.27. The first-order valence-electron chi connectivity index (χ1n) is 6.27. The van der Waals surface area contributed by atoms with Gasteiger partial charge in [0.25, 0.3) is 0 Å². The van der Waals surface area contributed by atoms with Gasteiger partial charge in [-0.15, -0.1) is 0 Å². The monoisotopic (exact) mass is 235 g/mol. The second-order valence-corrected chi connectivity index (χ2v) is 4.63. The summed E-state index contributed by atoms with van der Waals surface area (Å²) in [6.07, 6.45) is 0.993. The zero-order valence-corrected chi connectivity index (χ0v) is 10.7. The zero-order chi connectivity index (χ0) is 12.1. The lowest BCUT2D eigenvalue weighted by molar-refractivity contribution is 0.0691. The van der Waals surface area contributed by atoms with Crippen LogP contribution < -0.4 is 10.1 Å². The Bertz CT molecular complexity index is 359. The molecule has 1 aliphatic heterocycles. The van der Waals surface area contributed by atoms with Crippen LogP contribution in [-0.4, -0.2) is 32.4 Å². The molecule has 1 aliphatic rings. The summed E-state index contributed by atoms with van der Waals surface area (Å²) in [6, 6.07) is 6.75. The Morgan fingerprint density at radius 3 is 3.06 bits per heavy atom. The van der Waals surface area contributed by atoms with Gasteiger partial charge in [-0.05, 0) is 37.5 Å². The summed E-state index contributed by atoms with van der Waals surface area (Å²) >= 11 is 0. The van der Waals surface area contributed by atoms with Crippen molar-refractivity contribution in [2.24, 2.45) is 0 Å².